The van der Waals surface area contributed by atoms with Gasteiger partial charge in [0.25, 0.3) is 5.56 Å². The van der Waals surface area contributed by atoms with Crippen LogP contribution in [-0.2, 0) is 13.6 Å². The Bertz CT molecular complexity index is 1140. The number of hydrogen-bond donors (Lipinski definition) is 2. The molecule has 0 unspecified atom stereocenters. The first-order valence-corrected chi connectivity index (χ1v) is 8.92. The van der Waals surface area contributed by atoms with Crippen LogP contribution in [0, 0.1) is 0 Å². The van der Waals surface area contributed by atoms with E-state index in [-0.39, 0.29) is 0 Å². The number of piperazine rings is 1. The van der Waals surface area contributed by atoms with E-state index in [9.17, 15) is 14.4 Å². The lowest BCUT2D eigenvalue weighted by molar-refractivity contribution is 0.142. The van der Waals surface area contributed by atoms with Crippen LogP contribution in [0.3, 0.4) is 0 Å². The number of H-pyrrole nitrogens is 1. The molecule has 1 fully saturated rings. The number of carboxylic acid groups (broad SMARTS) is 1. The van der Waals surface area contributed by atoms with E-state index in [2.05, 4.69) is 9.97 Å². The summed E-state index contributed by atoms with van der Waals surface area (Å²) in [5, 5.41) is 9.17. The van der Waals surface area contributed by atoms with Gasteiger partial charge in [0, 0.05) is 33.2 Å². The zero-order chi connectivity index (χ0) is 19.8. The zero-order valence-electron chi connectivity index (χ0n) is 15.3. The van der Waals surface area contributed by atoms with Crippen LogP contribution >= 0.6 is 0 Å². The molecule has 3 aromatic rings. The monoisotopic (exact) mass is 384 g/mol. The van der Waals surface area contributed by atoms with Gasteiger partial charge in [0.1, 0.15) is 0 Å². The molecular weight excluding hydrogens is 364 g/mol. The van der Waals surface area contributed by atoms with E-state index >= 15 is 0 Å². The smallest absolute Gasteiger partial charge is 0.407 e. The predicted octanol–water partition coefficient (Wildman–Crippen LogP) is 0.272. The Morgan fingerprint density at radius 3 is 2.46 bits per heavy atom. The minimum atomic E-state index is -0.948. The molecule has 0 bridgehead atoms. The summed E-state index contributed by atoms with van der Waals surface area (Å²) in [6.07, 6.45) is -0.948. The number of nitrogens with one attached hydrogen (secondary N) is 1. The minimum Gasteiger partial charge on any atom is -0.465 e. The highest BCUT2D eigenvalue weighted by Gasteiger charge is 2.26. The van der Waals surface area contributed by atoms with Crippen molar-refractivity contribution < 1.29 is 9.90 Å². The first-order chi connectivity index (χ1) is 13.5. The molecule has 1 amide bonds. The van der Waals surface area contributed by atoms with Crippen LogP contribution in [0.4, 0.5) is 10.7 Å². The van der Waals surface area contributed by atoms with Gasteiger partial charge in [-0.05, 0) is 5.56 Å². The molecule has 1 saturated heterocycles. The Morgan fingerprint density at radius 2 is 1.82 bits per heavy atom. The van der Waals surface area contributed by atoms with Crippen molar-refractivity contribution >= 4 is 23.2 Å². The van der Waals surface area contributed by atoms with Gasteiger partial charge in [-0.25, -0.2) is 9.59 Å². The summed E-state index contributed by atoms with van der Waals surface area (Å²) in [5.41, 5.74) is 0.600. The van der Waals surface area contributed by atoms with Crippen molar-refractivity contribution in [1.82, 2.24) is 24.0 Å². The molecule has 0 aliphatic carbocycles. The van der Waals surface area contributed by atoms with Crippen molar-refractivity contribution in [3.05, 3.63) is 56.7 Å². The molecule has 1 aliphatic rings. The molecule has 3 heterocycles. The molecule has 2 N–H and O–H groups in total. The molecule has 146 valence electrons. The number of benzene rings is 1. The Hall–Kier alpha value is -3.56. The quantitative estimate of drug-likeness (QED) is 0.670. The second-order valence-corrected chi connectivity index (χ2v) is 6.73. The predicted molar refractivity (Wildman–Crippen MR) is 103 cm³/mol. The summed E-state index contributed by atoms with van der Waals surface area (Å²) in [5.74, 6) is 0.551. The SMILES string of the molecule is Cn1c(=O)[nH]c(=O)c2c1nc(N1CCN(C(=O)O)CC1)n2Cc1ccccc1. The van der Waals surface area contributed by atoms with Crippen LogP contribution in [-0.4, -0.2) is 61.4 Å². The Labute approximate surface area is 159 Å². The number of aryl methyl sites for hydroxylation is 1. The van der Waals surface area contributed by atoms with Gasteiger partial charge >= 0.3 is 11.8 Å². The molecule has 28 heavy (non-hydrogen) atoms. The van der Waals surface area contributed by atoms with E-state index in [1.165, 1.54) is 9.47 Å². The van der Waals surface area contributed by atoms with Gasteiger partial charge in [-0.15, -0.1) is 0 Å². The highest BCUT2D eigenvalue weighted by Crippen LogP contribution is 2.22. The topological polar surface area (TPSA) is 116 Å². The van der Waals surface area contributed by atoms with E-state index in [0.29, 0.717) is 49.8 Å². The number of amides is 1. The maximum Gasteiger partial charge on any atom is 0.407 e. The average molecular weight is 384 g/mol. The first-order valence-electron chi connectivity index (χ1n) is 8.92. The lowest BCUT2D eigenvalue weighted by atomic mass is 10.2. The summed E-state index contributed by atoms with van der Waals surface area (Å²) in [6, 6.07) is 9.65. The molecular formula is C18H20N6O4. The largest absolute Gasteiger partial charge is 0.465 e. The normalized spacial score (nSPS) is 14.6. The Morgan fingerprint density at radius 1 is 1.14 bits per heavy atom. The third-order valence-electron chi connectivity index (χ3n) is 5.00. The average Bonchev–Trinajstić information content (AvgIpc) is 3.07. The second-order valence-electron chi connectivity index (χ2n) is 6.73. The van der Waals surface area contributed by atoms with Crippen LogP contribution in [0.15, 0.2) is 39.9 Å². The van der Waals surface area contributed by atoms with Crippen molar-refractivity contribution in [2.45, 2.75) is 6.54 Å². The molecule has 10 nitrogen and oxygen atoms in total. The fourth-order valence-electron chi connectivity index (χ4n) is 3.48. The Kier molecular flexibility index (Phi) is 4.38. The van der Waals surface area contributed by atoms with Crippen molar-refractivity contribution in [1.29, 1.82) is 0 Å². The minimum absolute atomic E-state index is 0.306. The van der Waals surface area contributed by atoms with Crippen LogP contribution in [0.25, 0.3) is 11.2 Å². The van der Waals surface area contributed by atoms with Crippen LogP contribution in [0.1, 0.15) is 5.56 Å². The molecule has 4 rings (SSSR count). The number of anilines is 1. The molecule has 0 saturated carbocycles. The van der Waals surface area contributed by atoms with Crippen LogP contribution in [0.2, 0.25) is 0 Å². The van der Waals surface area contributed by atoms with Gasteiger partial charge in [-0.3, -0.25) is 18.9 Å². The van der Waals surface area contributed by atoms with E-state index in [1.54, 1.807) is 11.6 Å². The number of nitrogens with zero attached hydrogens (tertiary/aromatic N) is 5. The summed E-state index contributed by atoms with van der Waals surface area (Å²) in [4.78, 5) is 46.0. The Balaban J connectivity index is 1.83. The van der Waals surface area contributed by atoms with E-state index in [0.717, 1.165) is 5.56 Å². The molecule has 0 radical (unpaired) electrons. The second kappa shape index (κ2) is 6.87. The number of fused-ring (bicyclic) bond motifs is 1. The summed E-state index contributed by atoms with van der Waals surface area (Å²) in [7, 11) is 1.56. The van der Waals surface area contributed by atoms with Crippen LogP contribution < -0.4 is 16.1 Å². The van der Waals surface area contributed by atoms with Crippen molar-refractivity contribution in [3.63, 3.8) is 0 Å². The fraction of sp³-hybridized carbons (Fsp3) is 0.333. The van der Waals surface area contributed by atoms with Gasteiger partial charge in [0.2, 0.25) is 5.95 Å². The lowest BCUT2D eigenvalue weighted by Gasteiger charge is -2.33. The maximum absolute atomic E-state index is 12.6. The maximum atomic E-state index is 12.6. The van der Waals surface area contributed by atoms with Gasteiger partial charge in [-0.1, -0.05) is 30.3 Å². The van der Waals surface area contributed by atoms with Gasteiger partial charge in [0.05, 0.1) is 6.54 Å². The zero-order valence-corrected chi connectivity index (χ0v) is 15.3. The number of rotatable bonds is 3. The van der Waals surface area contributed by atoms with Gasteiger partial charge in [0.15, 0.2) is 11.2 Å². The van der Waals surface area contributed by atoms with Crippen molar-refractivity contribution in [2.75, 3.05) is 31.1 Å². The van der Waals surface area contributed by atoms with Crippen LogP contribution in [0.5, 0.6) is 0 Å². The standard InChI is InChI=1S/C18H20N6O4/c1-21-14-13(15(25)20-17(21)26)24(11-12-5-3-2-4-6-12)16(19-14)22-7-9-23(10-8-22)18(27)28/h2-6H,7-11H2,1H3,(H,27,28)(H,20,25,26). The highest BCUT2D eigenvalue weighted by atomic mass is 16.4. The molecule has 10 heteroatoms. The van der Waals surface area contributed by atoms with E-state index in [4.69, 9.17) is 5.11 Å². The molecule has 1 aliphatic heterocycles. The van der Waals surface area contributed by atoms with Gasteiger partial charge < -0.3 is 14.9 Å². The van der Waals surface area contributed by atoms with Crippen molar-refractivity contribution in [3.8, 4) is 0 Å². The number of carbonyl (C=O) groups is 1. The number of aromatic amines is 1. The van der Waals surface area contributed by atoms with Gasteiger partial charge in [-0.2, -0.15) is 4.98 Å². The lowest BCUT2D eigenvalue weighted by Crippen LogP contribution is -2.49. The number of imidazole rings is 1. The molecule has 0 atom stereocenters. The van der Waals surface area contributed by atoms with E-state index in [1.807, 2.05) is 35.2 Å². The third kappa shape index (κ3) is 3.02. The van der Waals surface area contributed by atoms with E-state index < -0.39 is 17.3 Å². The highest BCUT2D eigenvalue weighted by molar-refractivity contribution is 5.75. The molecule has 1 aromatic carbocycles. The first kappa shape index (κ1) is 17.8. The number of hydrogen-bond acceptors (Lipinski definition) is 5. The summed E-state index contributed by atoms with van der Waals surface area (Å²) in [6.45, 7) is 2.01. The fourth-order valence-corrected chi connectivity index (χ4v) is 3.48. The third-order valence-corrected chi connectivity index (χ3v) is 5.00. The summed E-state index contributed by atoms with van der Waals surface area (Å²) >= 11 is 0. The molecule has 2 aromatic heterocycles. The number of aromatic nitrogens is 4. The molecule has 0 spiro atoms. The van der Waals surface area contributed by atoms with Crippen molar-refractivity contribution in [2.24, 2.45) is 7.05 Å². The summed E-state index contributed by atoms with van der Waals surface area (Å²) < 4.78 is 3.11.